The predicted octanol–water partition coefficient (Wildman–Crippen LogP) is 3.79. The van der Waals surface area contributed by atoms with Crippen molar-refractivity contribution in [3.63, 3.8) is 0 Å². The second kappa shape index (κ2) is 8.70. The van der Waals surface area contributed by atoms with Crippen LogP contribution in [0.4, 0.5) is 5.69 Å². The average molecular weight is 377 g/mol. The summed E-state index contributed by atoms with van der Waals surface area (Å²) in [6, 6.07) is 17.0. The van der Waals surface area contributed by atoms with E-state index in [9.17, 15) is 4.79 Å². The fourth-order valence-corrected chi connectivity index (χ4v) is 2.26. The lowest BCUT2D eigenvalue weighted by Crippen LogP contribution is -2.41. The summed E-state index contributed by atoms with van der Waals surface area (Å²) in [5.41, 5.74) is 0.791. The number of carbonyl (C=O) groups is 1. The van der Waals surface area contributed by atoms with Gasteiger partial charge in [0.15, 0.2) is 0 Å². The third-order valence-electron chi connectivity index (χ3n) is 3.61. The van der Waals surface area contributed by atoms with E-state index in [1.807, 2.05) is 73.5 Å². The van der Waals surface area contributed by atoms with Crippen LogP contribution in [0.2, 0.25) is 0 Å². The minimum absolute atomic E-state index is 0.0328. The first-order valence-corrected chi connectivity index (χ1v) is 8.30. The summed E-state index contributed by atoms with van der Waals surface area (Å²) in [4.78, 5) is 14.2. The van der Waals surface area contributed by atoms with Crippen LogP contribution in [-0.4, -0.2) is 37.0 Å². The number of hydrogen-bond acceptors (Lipinski definition) is 3. The number of nitrogens with zero attached hydrogens (tertiary/aromatic N) is 1. The molecule has 2 rings (SSSR count). The Labute approximate surface area is 145 Å². The maximum absolute atomic E-state index is 12.3. The lowest BCUT2D eigenvalue weighted by molar-refractivity contribution is -0.120. The molecule has 5 heteroatoms. The first kappa shape index (κ1) is 17.5. The van der Waals surface area contributed by atoms with Crippen LogP contribution in [0.1, 0.15) is 6.92 Å². The van der Waals surface area contributed by atoms with Gasteiger partial charge in [-0.1, -0.05) is 34.1 Å². The molecule has 23 heavy (non-hydrogen) atoms. The summed E-state index contributed by atoms with van der Waals surface area (Å²) in [6.45, 7) is 3.09. The lowest BCUT2D eigenvalue weighted by atomic mass is 10.2. The van der Waals surface area contributed by atoms with E-state index in [-0.39, 0.29) is 11.9 Å². The summed E-state index contributed by atoms with van der Waals surface area (Å²) in [5, 5.41) is 2.92. The third-order valence-corrected chi connectivity index (χ3v) is 4.14. The molecule has 0 aliphatic rings. The molecule has 2 aromatic carbocycles. The molecule has 0 saturated heterocycles. The van der Waals surface area contributed by atoms with Crippen LogP contribution in [0.3, 0.4) is 0 Å². The van der Waals surface area contributed by atoms with Crippen molar-refractivity contribution in [2.75, 3.05) is 25.5 Å². The Balaban J connectivity index is 1.78. The smallest absolute Gasteiger partial charge is 0.241 e. The number of anilines is 1. The number of likely N-dealkylation sites (N-methyl/N-ethyl adjacent to an activating group) is 1. The molecule has 1 N–H and O–H groups in total. The maximum Gasteiger partial charge on any atom is 0.241 e. The first-order valence-electron chi connectivity index (χ1n) is 7.51. The average Bonchev–Trinajstić information content (AvgIpc) is 2.57. The number of amides is 1. The number of benzene rings is 2. The Morgan fingerprint density at radius 3 is 2.48 bits per heavy atom. The fourth-order valence-electron chi connectivity index (χ4n) is 2.00. The van der Waals surface area contributed by atoms with Gasteiger partial charge in [0.25, 0.3) is 0 Å². The van der Waals surface area contributed by atoms with Gasteiger partial charge < -0.3 is 10.1 Å². The van der Waals surface area contributed by atoms with Crippen molar-refractivity contribution in [3.8, 4) is 5.75 Å². The zero-order valence-corrected chi connectivity index (χ0v) is 14.9. The highest BCUT2D eigenvalue weighted by molar-refractivity contribution is 9.10. The normalized spacial score (nSPS) is 12.0. The molecule has 1 atom stereocenters. The molecule has 0 aromatic heterocycles. The molecule has 0 spiro atoms. The summed E-state index contributed by atoms with van der Waals surface area (Å²) in [6.07, 6.45) is 0. The molecule has 1 amide bonds. The van der Waals surface area contributed by atoms with Gasteiger partial charge in [-0.2, -0.15) is 0 Å². The largest absolute Gasteiger partial charge is 0.492 e. The molecule has 0 radical (unpaired) electrons. The van der Waals surface area contributed by atoms with Crippen molar-refractivity contribution in [2.45, 2.75) is 13.0 Å². The third kappa shape index (κ3) is 5.69. The van der Waals surface area contributed by atoms with Crippen LogP contribution >= 0.6 is 15.9 Å². The van der Waals surface area contributed by atoms with E-state index in [4.69, 9.17) is 4.74 Å². The number of carbonyl (C=O) groups excluding carboxylic acids is 1. The van der Waals surface area contributed by atoms with Crippen LogP contribution in [0.15, 0.2) is 59.1 Å². The van der Waals surface area contributed by atoms with Gasteiger partial charge in [0.05, 0.1) is 6.04 Å². The molecule has 0 saturated carbocycles. The zero-order valence-electron chi connectivity index (χ0n) is 13.3. The maximum atomic E-state index is 12.3. The van der Waals surface area contributed by atoms with Crippen molar-refractivity contribution in [2.24, 2.45) is 0 Å². The lowest BCUT2D eigenvalue weighted by Gasteiger charge is -2.23. The highest BCUT2D eigenvalue weighted by Gasteiger charge is 2.17. The Morgan fingerprint density at radius 1 is 1.17 bits per heavy atom. The summed E-state index contributed by atoms with van der Waals surface area (Å²) in [5.74, 6) is 0.808. The summed E-state index contributed by atoms with van der Waals surface area (Å²) < 4.78 is 6.64. The van der Waals surface area contributed by atoms with E-state index < -0.39 is 0 Å². The first-order chi connectivity index (χ1) is 11.1. The minimum Gasteiger partial charge on any atom is -0.492 e. The standard InChI is InChI=1S/C18H21BrN2O2/c1-14(18(22)20-16-10-8-15(19)9-11-16)21(2)12-13-23-17-6-4-3-5-7-17/h3-11,14H,12-13H2,1-2H3,(H,20,22)/t14-/m1/s1. The Hall–Kier alpha value is -1.85. The second-order valence-corrected chi connectivity index (χ2v) is 6.23. The number of rotatable bonds is 7. The molecular formula is C18H21BrN2O2. The van der Waals surface area contributed by atoms with Crippen LogP contribution in [0.5, 0.6) is 5.75 Å². The molecule has 0 heterocycles. The van der Waals surface area contributed by atoms with Crippen LogP contribution < -0.4 is 10.1 Å². The fraction of sp³-hybridized carbons (Fsp3) is 0.278. The number of ether oxygens (including phenoxy) is 1. The molecule has 0 bridgehead atoms. The zero-order chi connectivity index (χ0) is 16.7. The van der Waals surface area contributed by atoms with E-state index in [0.29, 0.717) is 13.2 Å². The van der Waals surface area contributed by atoms with Crippen molar-refractivity contribution >= 4 is 27.5 Å². The number of hydrogen-bond donors (Lipinski definition) is 1. The van der Waals surface area contributed by atoms with Gasteiger partial charge in [0.1, 0.15) is 12.4 Å². The molecule has 0 aliphatic heterocycles. The Bertz CT molecular complexity index is 617. The van der Waals surface area contributed by atoms with Gasteiger partial charge in [-0.05, 0) is 50.4 Å². The minimum atomic E-state index is -0.238. The van der Waals surface area contributed by atoms with Crippen LogP contribution in [0.25, 0.3) is 0 Å². The molecule has 2 aromatic rings. The molecular weight excluding hydrogens is 356 g/mol. The molecule has 4 nitrogen and oxygen atoms in total. The van der Waals surface area contributed by atoms with Gasteiger partial charge in [-0.25, -0.2) is 0 Å². The molecule has 122 valence electrons. The second-order valence-electron chi connectivity index (χ2n) is 5.31. The van der Waals surface area contributed by atoms with Gasteiger partial charge in [0.2, 0.25) is 5.91 Å². The Kier molecular flexibility index (Phi) is 6.62. The van der Waals surface area contributed by atoms with Crippen LogP contribution in [-0.2, 0) is 4.79 Å². The Morgan fingerprint density at radius 2 is 1.83 bits per heavy atom. The van der Waals surface area contributed by atoms with Gasteiger partial charge in [-0.3, -0.25) is 9.69 Å². The van der Waals surface area contributed by atoms with Crippen LogP contribution in [0, 0.1) is 0 Å². The van der Waals surface area contributed by atoms with Crippen molar-refractivity contribution in [1.29, 1.82) is 0 Å². The number of nitrogens with one attached hydrogen (secondary N) is 1. The van der Waals surface area contributed by atoms with E-state index in [2.05, 4.69) is 21.2 Å². The molecule has 0 unspecified atom stereocenters. The van der Waals surface area contributed by atoms with E-state index in [0.717, 1.165) is 15.9 Å². The highest BCUT2D eigenvalue weighted by Crippen LogP contribution is 2.14. The SMILES string of the molecule is C[C@H](C(=O)Nc1ccc(Br)cc1)N(C)CCOc1ccccc1. The number of para-hydroxylation sites is 1. The van der Waals surface area contributed by atoms with Crippen molar-refractivity contribution < 1.29 is 9.53 Å². The van der Waals surface area contributed by atoms with E-state index in [1.165, 1.54) is 0 Å². The predicted molar refractivity (Wildman–Crippen MR) is 96.8 cm³/mol. The highest BCUT2D eigenvalue weighted by atomic mass is 79.9. The van der Waals surface area contributed by atoms with Gasteiger partial charge in [0, 0.05) is 16.7 Å². The summed E-state index contributed by atoms with van der Waals surface area (Å²) in [7, 11) is 1.92. The summed E-state index contributed by atoms with van der Waals surface area (Å²) >= 11 is 3.38. The number of halogens is 1. The van der Waals surface area contributed by atoms with Crippen molar-refractivity contribution in [3.05, 3.63) is 59.1 Å². The van der Waals surface area contributed by atoms with Crippen molar-refractivity contribution in [1.82, 2.24) is 4.90 Å². The van der Waals surface area contributed by atoms with E-state index in [1.54, 1.807) is 0 Å². The molecule has 0 aliphatic carbocycles. The monoisotopic (exact) mass is 376 g/mol. The van der Waals surface area contributed by atoms with Gasteiger partial charge >= 0.3 is 0 Å². The molecule has 0 fully saturated rings. The van der Waals surface area contributed by atoms with E-state index >= 15 is 0 Å². The quantitative estimate of drug-likeness (QED) is 0.799. The van der Waals surface area contributed by atoms with Gasteiger partial charge in [-0.15, -0.1) is 0 Å². The topological polar surface area (TPSA) is 41.6 Å².